The SMILES string of the molecule is c1ccc2c(c1)Oc1cccc3nc(-n4c5ccccc5c5cc(-c6ccc7c(c6)c6ccccc6n7-c6cccc7ccccc67)ccc54)nc-2c13. The van der Waals surface area contributed by atoms with E-state index in [1.165, 1.54) is 43.8 Å². The largest absolute Gasteiger partial charge is 0.456 e. The van der Waals surface area contributed by atoms with Crippen molar-refractivity contribution in [2.24, 2.45) is 0 Å². The summed E-state index contributed by atoms with van der Waals surface area (Å²) in [6, 6.07) is 60.3. The van der Waals surface area contributed by atoms with Crippen LogP contribution in [0.5, 0.6) is 11.5 Å². The summed E-state index contributed by atoms with van der Waals surface area (Å²) in [6.07, 6.45) is 0. The minimum atomic E-state index is 0.642. The van der Waals surface area contributed by atoms with Gasteiger partial charge in [-0.2, -0.15) is 0 Å². The molecule has 53 heavy (non-hydrogen) atoms. The third-order valence-corrected chi connectivity index (χ3v) is 10.9. The van der Waals surface area contributed by atoms with Crippen LogP contribution in [0.2, 0.25) is 0 Å². The first-order chi connectivity index (χ1) is 26.3. The number of para-hydroxylation sites is 3. The lowest BCUT2D eigenvalue weighted by molar-refractivity contribution is 0.486. The van der Waals surface area contributed by atoms with E-state index in [4.69, 9.17) is 14.7 Å². The van der Waals surface area contributed by atoms with Crippen molar-refractivity contribution in [1.82, 2.24) is 19.1 Å². The number of ether oxygens (including phenoxy) is 1. The number of fused-ring (bicyclic) bond motifs is 9. The van der Waals surface area contributed by atoms with Gasteiger partial charge in [-0.25, -0.2) is 9.97 Å². The molecular weight excluding hydrogens is 649 g/mol. The number of hydrogen-bond acceptors (Lipinski definition) is 3. The summed E-state index contributed by atoms with van der Waals surface area (Å²) in [7, 11) is 0. The van der Waals surface area contributed by atoms with Crippen LogP contribution in [-0.4, -0.2) is 19.1 Å². The molecule has 0 saturated carbocycles. The molecule has 8 aromatic carbocycles. The minimum absolute atomic E-state index is 0.642. The highest BCUT2D eigenvalue weighted by molar-refractivity contribution is 6.13. The minimum Gasteiger partial charge on any atom is -0.456 e. The molecule has 0 saturated heterocycles. The molecule has 0 fully saturated rings. The molecule has 4 heterocycles. The van der Waals surface area contributed by atoms with Gasteiger partial charge in [-0.15, -0.1) is 0 Å². The Balaban J connectivity index is 1.06. The van der Waals surface area contributed by atoms with Crippen molar-refractivity contribution in [1.29, 1.82) is 0 Å². The second kappa shape index (κ2) is 10.6. The Kier molecular flexibility index (Phi) is 5.71. The van der Waals surface area contributed by atoms with Gasteiger partial charge in [0.05, 0.1) is 44.4 Å². The van der Waals surface area contributed by atoms with Crippen molar-refractivity contribution in [3.8, 4) is 45.5 Å². The molecule has 0 unspecified atom stereocenters. The molecule has 0 N–H and O–H groups in total. The normalized spacial score (nSPS) is 12.3. The fraction of sp³-hybridized carbons (Fsp3) is 0. The monoisotopic (exact) mass is 676 g/mol. The topological polar surface area (TPSA) is 44.9 Å². The predicted octanol–water partition coefficient (Wildman–Crippen LogP) is 12.4. The quantitative estimate of drug-likeness (QED) is 0.187. The first-order valence-corrected chi connectivity index (χ1v) is 17.9. The Morgan fingerprint density at radius 2 is 1.00 bits per heavy atom. The average Bonchev–Trinajstić information content (AvgIpc) is 3.73. The van der Waals surface area contributed by atoms with Crippen LogP contribution in [0.4, 0.5) is 0 Å². The van der Waals surface area contributed by atoms with Crippen molar-refractivity contribution >= 4 is 65.3 Å². The standard InChI is InChI=1S/C48H28N4O/c1-2-13-32-29(11-1)12-9-20-39(32)51-40-18-6-3-14-33(40)36-27-30(23-25-42(36)51)31-24-26-43-37(28-31)34-15-4-7-19-41(34)52(43)48-49-38-17-10-22-45-46(38)47(50-48)35-16-5-8-21-44(35)53-45/h1-28H. The molecule has 0 aliphatic carbocycles. The predicted molar refractivity (Wildman–Crippen MR) is 217 cm³/mol. The molecule has 5 nitrogen and oxygen atoms in total. The Labute approximate surface area is 303 Å². The summed E-state index contributed by atoms with van der Waals surface area (Å²) in [6.45, 7) is 0. The maximum atomic E-state index is 6.28. The van der Waals surface area contributed by atoms with Crippen LogP contribution in [0.3, 0.4) is 0 Å². The highest BCUT2D eigenvalue weighted by Crippen LogP contribution is 2.46. The zero-order valence-electron chi connectivity index (χ0n) is 28.4. The van der Waals surface area contributed by atoms with Gasteiger partial charge in [-0.3, -0.25) is 4.57 Å². The molecule has 0 spiro atoms. The van der Waals surface area contributed by atoms with Crippen molar-refractivity contribution in [2.45, 2.75) is 0 Å². The summed E-state index contributed by atoms with van der Waals surface area (Å²) in [5, 5.41) is 8.20. The van der Waals surface area contributed by atoms with Crippen LogP contribution in [0.15, 0.2) is 170 Å². The zero-order chi connectivity index (χ0) is 34.6. The van der Waals surface area contributed by atoms with Gasteiger partial charge in [0.25, 0.3) is 0 Å². The number of benzene rings is 8. The fourth-order valence-corrected chi connectivity index (χ4v) is 8.57. The zero-order valence-corrected chi connectivity index (χ0v) is 28.4. The van der Waals surface area contributed by atoms with Gasteiger partial charge in [-0.1, -0.05) is 103 Å². The molecule has 0 bridgehead atoms. The van der Waals surface area contributed by atoms with E-state index in [1.54, 1.807) is 0 Å². The summed E-state index contributed by atoms with van der Waals surface area (Å²) in [5.74, 6) is 2.23. The number of nitrogens with zero attached hydrogens (tertiary/aromatic N) is 4. The second-order valence-corrected chi connectivity index (χ2v) is 13.8. The Morgan fingerprint density at radius 1 is 0.415 bits per heavy atom. The second-order valence-electron chi connectivity index (χ2n) is 13.8. The van der Waals surface area contributed by atoms with Crippen molar-refractivity contribution in [3.63, 3.8) is 0 Å². The molecule has 12 rings (SSSR count). The lowest BCUT2D eigenvalue weighted by Crippen LogP contribution is -2.06. The van der Waals surface area contributed by atoms with E-state index >= 15 is 0 Å². The summed E-state index contributed by atoms with van der Waals surface area (Å²) >= 11 is 0. The van der Waals surface area contributed by atoms with Crippen molar-refractivity contribution in [2.75, 3.05) is 0 Å². The van der Waals surface area contributed by atoms with Crippen LogP contribution in [0.25, 0.3) is 99.3 Å². The number of hydrogen-bond donors (Lipinski definition) is 0. The molecule has 5 heteroatoms. The van der Waals surface area contributed by atoms with Gasteiger partial charge in [0.1, 0.15) is 11.5 Å². The van der Waals surface area contributed by atoms with E-state index in [0.29, 0.717) is 5.95 Å². The lowest BCUT2D eigenvalue weighted by atomic mass is 10.0. The summed E-state index contributed by atoms with van der Waals surface area (Å²) in [5.41, 5.74) is 10.8. The van der Waals surface area contributed by atoms with Crippen LogP contribution < -0.4 is 4.74 Å². The van der Waals surface area contributed by atoms with E-state index in [1.807, 2.05) is 36.4 Å². The van der Waals surface area contributed by atoms with Gasteiger partial charge in [-0.05, 0) is 83.2 Å². The van der Waals surface area contributed by atoms with E-state index in [0.717, 1.165) is 61.0 Å². The smallest absolute Gasteiger partial charge is 0.235 e. The van der Waals surface area contributed by atoms with Crippen molar-refractivity contribution in [3.05, 3.63) is 170 Å². The number of aromatic nitrogens is 4. The first kappa shape index (κ1) is 28.5. The van der Waals surface area contributed by atoms with Crippen LogP contribution in [-0.2, 0) is 0 Å². The van der Waals surface area contributed by atoms with Gasteiger partial charge in [0.15, 0.2) is 0 Å². The molecule has 1 aliphatic heterocycles. The molecule has 3 aromatic heterocycles. The van der Waals surface area contributed by atoms with Crippen LogP contribution in [0.1, 0.15) is 0 Å². The van der Waals surface area contributed by atoms with Crippen LogP contribution in [0, 0.1) is 0 Å². The Bertz CT molecular complexity index is 3330. The highest BCUT2D eigenvalue weighted by Gasteiger charge is 2.24. The van der Waals surface area contributed by atoms with E-state index < -0.39 is 0 Å². The maximum Gasteiger partial charge on any atom is 0.235 e. The van der Waals surface area contributed by atoms with E-state index in [9.17, 15) is 0 Å². The maximum absolute atomic E-state index is 6.28. The van der Waals surface area contributed by atoms with Crippen LogP contribution >= 0.6 is 0 Å². The number of rotatable bonds is 3. The van der Waals surface area contributed by atoms with E-state index in [-0.39, 0.29) is 0 Å². The van der Waals surface area contributed by atoms with Gasteiger partial charge >= 0.3 is 0 Å². The molecule has 0 radical (unpaired) electrons. The third kappa shape index (κ3) is 4.02. The Morgan fingerprint density at radius 3 is 1.79 bits per heavy atom. The molecule has 0 atom stereocenters. The molecule has 246 valence electrons. The molecule has 11 aromatic rings. The third-order valence-electron chi connectivity index (χ3n) is 10.9. The molecule has 0 amide bonds. The molecular formula is C48H28N4O. The summed E-state index contributed by atoms with van der Waals surface area (Å²) in [4.78, 5) is 10.4. The summed E-state index contributed by atoms with van der Waals surface area (Å²) < 4.78 is 10.9. The van der Waals surface area contributed by atoms with Gasteiger partial charge < -0.3 is 9.30 Å². The lowest BCUT2D eigenvalue weighted by Gasteiger charge is -2.20. The fourth-order valence-electron chi connectivity index (χ4n) is 8.57. The Hall–Kier alpha value is -7.24. The van der Waals surface area contributed by atoms with Gasteiger partial charge in [0, 0.05) is 32.5 Å². The highest BCUT2D eigenvalue weighted by atomic mass is 16.5. The molecule has 1 aliphatic rings. The first-order valence-electron chi connectivity index (χ1n) is 17.9. The van der Waals surface area contributed by atoms with E-state index in [2.05, 4.69) is 143 Å². The van der Waals surface area contributed by atoms with Crippen molar-refractivity contribution < 1.29 is 4.74 Å². The average molecular weight is 677 g/mol. The van der Waals surface area contributed by atoms with Gasteiger partial charge in [0.2, 0.25) is 5.95 Å².